The molecule has 2 fully saturated rings. The van der Waals surface area contributed by atoms with Gasteiger partial charge in [0.15, 0.2) is 9.84 Å². The molecule has 124 valence electrons. The molecule has 2 aliphatic heterocycles. The summed E-state index contributed by atoms with van der Waals surface area (Å²) in [5.74, 6) is 0.557. The molecule has 0 bridgehead atoms. The molecule has 1 unspecified atom stereocenters. The molecule has 0 aromatic carbocycles. The molecule has 0 saturated carbocycles. The number of piperidine rings is 1. The molecule has 0 aromatic rings. The van der Waals surface area contributed by atoms with Gasteiger partial charge < -0.3 is 14.7 Å². The number of hydrogen-bond donors (Lipinski definition) is 1. The Balaban J connectivity index is 1.60. The molecule has 0 spiro atoms. The Bertz CT molecular complexity index is 382. The number of nitrogens with zero attached hydrogens (tertiary/aromatic N) is 2. The van der Waals surface area contributed by atoms with Gasteiger partial charge in [-0.1, -0.05) is 6.42 Å². The summed E-state index contributed by atoms with van der Waals surface area (Å²) in [6, 6.07) is 0. The number of ether oxygens (including phenoxy) is 1. The van der Waals surface area contributed by atoms with Crippen LogP contribution in [0.15, 0.2) is 0 Å². The van der Waals surface area contributed by atoms with Crippen molar-refractivity contribution < 1.29 is 18.3 Å². The van der Waals surface area contributed by atoms with E-state index in [9.17, 15) is 13.5 Å². The van der Waals surface area contributed by atoms with E-state index in [1.54, 1.807) is 0 Å². The minimum absolute atomic E-state index is 0.0436. The SMILES string of the molecule is O=S1(=O)CCN(CCCOC(CO)N2CCCCC2)CC1. The first kappa shape index (κ1) is 17.1. The molecule has 6 nitrogen and oxygen atoms in total. The summed E-state index contributed by atoms with van der Waals surface area (Å²) in [6.07, 6.45) is 4.34. The summed E-state index contributed by atoms with van der Waals surface area (Å²) in [5.41, 5.74) is 0. The molecule has 2 heterocycles. The van der Waals surface area contributed by atoms with Crippen LogP contribution in [0.5, 0.6) is 0 Å². The average molecular weight is 320 g/mol. The Labute approximate surface area is 128 Å². The van der Waals surface area contributed by atoms with Crippen molar-refractivity contribution in [3.63, 3.8) is 0 Å². The zero-order valence-corrected chi connectivity index (χ0v) is 13.6. The van der Waals surface area contributed by atoms with E-state index in [0.717, 1.165) is 26.1 Å². The van der Waals surface area contributed by atoms with Crippen molar-refractivity contribution >= 4 is 9.84 Å². The van der Waals surface area contributed by atoms with Gasteiger partial charge in [-0.15, -0.1) is 0 Å². The van der Waals surface area contributed by atoms with Crippen molar-refractivity contribution in [2.24, 2.45) is 0 Å². The van der Waals surface area contributed by atoms with E-state index in [-0.39, 0.29) is 24.3 Å². The van der Waals surface area contributed by atoms with Crippen molar-refractivity contribution in [3.8, 4) is 0 Å². The molecular formula is C14H28N2O4S. The minimum Gasteiger partial charge on any atom is -0.392 e. The highest BCUT2D eigenvalue weighted by atomic mass is 32.2. The van der Waals surface area contributed by atoms with Crippen LogP contribution in [0.4, 0.5) is 0 Å². The Morgan fingerprint density at radius 2 is 1.71 bits per heavy atom. The Kier molecular flexibility index (Phi) is 6.88. The summed E-state index contributed by atoms with van der Waals surface area (Å²) in [7, 11) is -2.79. The number of hydrogen-bond acceptors (Lipinski definition) is 6. The second kappa shape index (κ2) is 8.43. The average Bonchev–Trinajstić information content (AvgIpc) is 2.50. The Morgan fingerprint density at radius 3 is 2.33 bits per heavy atom. The topological polar surface area (TPSA) is 70.1 Å². The summed E-state index contributed by atoms with van der Waals surface area (Å²) in [6.45, 7) is 4.82. The second-order valence-corrected chi connectivity index (χ2v) is 8.26. The van der Waals surface area contributed by atoms with E-state index in [2.05, 4.69) is 9.80 Å². The van der Waals surface area contributed by atoms with Crippen molar-refractivity contribution in [1.82, 2.24) is 9.80 Å². The number of rotatable bonds is 7. The second-order valence-electron chi connectivity index (χ2n) is 5.95. The number of aliphatic hydroxyl groups excluding tert-OH is 1. The third-order valence-electron chi connectivity index (χ3n) is 4.32. The summed E-state index contributed by atoms with van der Waals surface area (Å²) < 4.78 is 28.5. The summed E-state index contributed by atoms with van der Waals surface area (Å²) >= 11 is 0. The third kappa shape index (κ3) is 5.83. The van der Waals surface area contributed by atoms with Crippen molar-refractivity contribution in [2.75, 3.05) is 57.4 Å². The largest absolute Gasteiger partial charge is 0.392 e. The number of likely N-dealkylation sites (tertiary alicyclic amines) is 1. The van der Waals surface area contributed by atoms with Gasteiger partial charge in [-0.05, 0) is 19.3 Å². The van der Waals surface area contributed by atoms with Gasteiger partial charge in [0.1, 0.15) is 6.23 Å². The van der Waals surface area contributed by atoms with Crippen LogP contribution in [0.3, 0.4) is 0 Å². The standard InChI is InChI=1S/C14H28N2O4S/c17-13-14(16-6-2-1-3-7-16)20-10-4-5-15-8-11-21(18,19)12-9-15/h14,17H,1-13H2. The van der Waals surface area contributed by atoms with Crippen LogP contribution in [0.2, 0.25) is 0 Å². The van der Waals surface area contributed by atoms with Crippen LogP contribution in [-0.2, 0) is 14.6 Å². The molecule has 21 heavy (non-hydrogen) atoms. The van der Waals surface area contributed by atoms with Crippen LogP contribution in [0.25, 0.3) is 0 Å². The molecular weight excluding hydrogens is 292 g/mol. The van der Waals surface area contributed by atoms with Gasteiger partial charge in [0, 0.05) is 32.7 Å². The lowest BCUT2D eigenvalue weighted by atomic mass is 10.1. The molecule has 2 aliphatic rings. The van der Waals surface area contributed by atoms with Crippen LogP contribution in [0, 0.1) is 0 Å². The fraction of sp³-hybridized carbons (Fsp3) is 1.00. The van der Waals surface area contributed by atoms with E-state index in [1.165, 1.54) is 19.3 Å². The van der Waals surface area contributed by atoms with Crippen molar-refractivity contribution in [1.29, 1.82) is 0 Å². The van der Waals surface area contributed by atoms with E-state index in [1.807, 2.05) is 0 Å². The number of aliphatic hydroxyl groups is 1. The Morgan fingerprint density at radius 1 is 1.05 bits per heavy atom. The molecule has 1 atom stereocenters. The van der Waals surface area contributed by atoms with Gasteiger partial charge in [-0.2, -0.15) is 0 Å². The highest BCUT2D eigenvalue weighted by Crippen LogP contribution is 2.13. The summed E-state index contributed by atoms with van der Waals surface area (Å²) in [5, 5.41) is 9.44. The van der Waals surface area contributed by atoms with Gasteiger partial charge >= 0.3 is 0 Å². The third-order valence-corrected chi connectivity index (χ3v) is 5.93. The summed E-state index contributed by atoms with van der Waals surface area (Å²) in [4.78, 5) is 4.40. The van der Waals surface area contributed by atoms with Gasteiger partial charge in [0.25, 0.3) is 0 Å². The molecule has 0 radical (unpaired) electrons. The predicted molar refractivity (Wildman–Crippen MR) is 82.0 cm³/mol. The zero-order valence-electron chi connectivity index (χ0n) is 12.7. The highest BCUT2D eigenvalue weighted by molar-refractivity contribution is 7.91. The molecule has 7 heteroatoms. The number of sulfone groups is 1. The molecule has 2 rings (SSSR count). The van der Waals surface area contributed by atoms with Gasteiger partial charge in [-0.25, -0.2) is 8.42 Å². The molecule has 1 N–H and O–H groups in total. The first-order chi connectivity index (χ1) is 10.1. The fourth-order valence-electron chi connectivity index (χ4n) is 2.96. The first-order valence-electron chi connectivity index (χ1n) is 8.00. The van der Waals surface area contributed by atoms with E-state index in [4.69, 9.17) is 4.74 Å². The maximum Gasteiger partial charge on any atom is 0.152 e. The zero-order chi connectivity index (χ0) is 15.1. The lowest BCUT2D eigenvalue weighted by molar-refractivity contribution is -0.0942. The van der Waals surface area contributed by atoms with Gasteiger partial charge in [-0.3, -0.25) is 4.90 Å². The highest BCUT2D eigenvalue weighted by Gasteiger charge is 2.22. The molecule has 0 amide bonds. The molecule has 2 saturated heterocycles. The lowest BCUT2D eigenvalue weighted by Gasteiger charge is -2.33. The van der Waals surface area contributed by atoms with Crippen molar-refractivity contribution in [3.05, 3.63) is 0 Å². The minimum atomic E-state index is -2.79. The van der Waals surface area contributed by atoms with Gasteiger partial charge in [0.05, 0.1) is 24.7 Å². The van der Waals surface area contributed by atoms with E-state index >= 15 is 0 Å². The fourth-order valence-corrected chi connectivity index (χ4v) is 4.24. The molecule has 0 aliphatic carbocycles. The van der Waals surface area contributed by atoms with Crippen LogP contribution in [-0.4, -0.2) is 87.0 Å². The van der Waals surface area contributed by atoms with Crippen LogP contribution >= 0.6 is 0 Å². The smallest absolute Gasteiger partial charge is 0.152 e. The van der Waals surface area contributed by atoms with Crippen LogP contribution in [0.1, 0.15) is 25.7 Å². The quantitative estimate of drug-likeness (QED) is 0.662. The monoisotopic (exact) mass is 320 g/mol. The van der Waals surface area contributed by atoms with Crippen molar-refractivity contribution in [2.45, 2.75) is 31.9 Å². The van der Waals surface area contributed by atoms with Gasteiger partial charge in [0.2, 0.25) is 0 Å². The maximum absolute atomic E-state index is 11.3. The van der Waals surface area contributed by atoms with Crippen LogP contribution < -0.4 is 0 Å². The lowest BCUT2D eigenvalue weighted by Crippen LogP contribution is -2.44. The maximum atomic E-state index is 11.3. The first-order valence-corrected chi connectivity index (χ1v) is 9.82. The predicted octanol–water partition coefficient (Wildman–Crippen LogP) is -0.0722. The Hall–Kier alpha value is -0.210. The van der Waals surface area contributed by atoms with E-state index in [0.29, 0.717) is 19.7 Å². The normalized spacial score (nSPS) is 25.8. The molecule has 0 aromatic heterocycles. The van der Waals surface area contributed by atoms with E-state index < -0.39 is 9.84 Å².